The molecule has 5 heteroatoms. The number of rotatable bonds is 2. The van der Waals surface area contributed by atoms with Gasteiger partial charge in [-0.15, -0.1) is 0 Å². The highest BCUT2D eigenvalue weighted by Gasteiger charge is 2.45. The highest BCUT2D eigenvalue weighted by atomic mass is 19.4. The number of halogens is 3. The van der Waals surface area contributed by atoms with Crippen LogP contribution in [-0.2, 0) is 0 Å². The summed E-state index contributed by atoms with van der Waals surface area (Å²) in [6.07, 6.45) is -4.24. The highest BCUT2D eigenvalue weighted by molar-refractivity contribution is 5.34. The van der Waals surface area contributed by atoms with E-state index < -0.39 is 12.2 Å². The largest absolute Gasteiger partial charge is 0.408 e. The smallest absolute Gasteiger partial charge is 0.314 e. The number of aryl methyl sites for hydroxylation is 2. The van der Waals surface area contributed by atoms with E-state index in [9.17, 15) is 13.2 Å². The van der Waals surface area contributed by atoms with Gasteiger partial charge in [0.2, 0.25) is 0 Å². The Hall–Kier alpha value is -1.07. The molecule has 1 fully saturated rings. The second-order valence-corrected chi connectivity index (χ2v) is 5.09. The van der Waals surface area contributed by atoms with E-state index in [2.05, 4.69) is 5.32 Å². The van der Waals surface area contributed by atoms with E-state index in [0.717, 1.165) is 5.56 Å². The quantitative estimate of drug-likeness (QED) is 0.890. The van der Waals surface area contributed by atoms with Crippen molar-refractivity contribution in [3.63, 3.8) is 0 Å². The van der Waals surface area contributed by atoms with Crippen LogP contribution in [0.4, 0.5) is 13.2 Å². The van der Waals surface area contributed by atoms with E-state index in [0.29, 0.717) is 37.3 Å². The molecular weight excluding hydrogens is 253 g/mol. The van der Waals surface area contributed by atoms with Crippen molar-refractivity contribution in [1.29, 1.82) is 0 Å². The Morgan fingerprint density at radius 3 is 2.37 bits per heavy atom. The summed E-state index contributed by atoms with van der Waals surface area (Å²) < 4.78 is 40.3. The van der Waals surface area contributed by atoms with Crippen molar-refractivity contribution < 1.29 is 13.2 Å². The molecule has 1 heterocycles. The number of nitrogens with zero attached hydrogens (tertiary/aromatic N) is 1. The summed E-state index contributed by atoms with van der Waals surface area (Å²) >= 11 is 0. The van der Waals surface area contributed by atoms with Gasteiger partial charge < -0.3 is 5.32 Å². The predicted octanol–water partition coefficient (Wildman–Crippen LogP) is 2.81. The van der Waals surface area contributed by atoms with Crippen LogP contribution in [0.15, 0.2) is 18.2 Å². The van der Waals surface area contributed by atoms with Crippen LogP contribution in [-0.4, -0.2) is 37.3 Å². The molecule has 0 aliphatic carbocycles. The number of hydrogen-bond donors (Lipinski definition) is 1. The predicted molar refractivity (Wildman–Crippen MR) is 69.2 cm³/mol. The molecule has 106 valence electrons. The van der Waals surface area contributed by atoms with Gasteiger partial charge in [0.05, 0.1) is 0 Å². The number of alkyl halides is 3. The number of hydrogen-bond acceptors (Lipinski definition) is 2. The average Bonchev–Trinajstić information content (AvgIpc) is 2.33. The van der Waals surface area contributed by atoms with Crippen LogP contribution >= 0.6 is 0 Å². The lowest BCUT2D eigenvalue weighted by Gasteiger charge is -2.37. The Labute approximate surface area is 111 Å². The van der Waals surface area contributed by atoms with E-state index in [1.165, 1.54) is 4.90 Å². The molecule has 1 atom stereocenters. The molecular formula is C14H19F3N2. The van der Waals surface area contributed by atoms with Crippen molar-refractivity contribution in [2.24, 2.45) is 0 Å². The molecule has 1 aromatic carbocycles. The van der Waals surface area contributed by atoms with Crippen molar-refractivity contribution in [3.05, 3.63) is 34.9 Å². The first kappa shape index (κ1) is 14.3. The van der Waals surface area contributed by atoms with Crippen LogP contribution in [0.1, 0.15) is 22.7 Å². The van der Waals surface area contributed by atoms with Gasteiger partial charge in [-0.25, -0.2) is 0 Å². The molecule has 1 N–H and O–H groups in total. The minimum absolute atomic E-state index is 0.384. The van der Waals surface area contributed by atoms with Crippen LogP contribution in [0.5, 0.6) is 0 Å². The average molecular weight is 272 g/mol. The second-order valence-electron chi connectivity index (χ2n) is 5.09. The van der Waals surface area contributed by atoms with Gasteiger partial charge in [-0.2, -0.15) is 13.2 Å². The molecule has 0 spiro atoms. The molecule has 0 unspecified atom stereocenters. The fourth-order valence-corrected chi connectivity index (χ4v) is 2.57. The molecule has 0 aromatic heterocycles. The monoisotopic (exact) mass is 272 g/mol. The van der Waals surface area contributed by atoms with Crippen LogP contribution in [0.3, 0.4) is 0 Å². The Morgan fingerprint density at radius 1 is 1.16 bits per heavy atom. The maximum absolute atomic E-state index is 13.4. The number of benzene rings is 1. The zero-order valence-corrected chi connectivity index (χ0v) is 11.2. The Morgan fingerprint density at radius 2 is 1.79 bits per heavy atom. The van der Waals surface area contributed by atoms with Crippen molar-refractivity contribution in [2.75, 3.05) is 26.2 Å². The van der Waals surface area contributed by atoms with Crippen LogP contribution < -0.4 is 5.32 Å². The lowest BCUT2D eigenvalue weighted by molar-refractivity contribution is -0.188. The summed E-state index contributed by atoms with van der Waals surface area (Å²) in [7, 11) is 0. The zero-order chi connectivity index (χ0) is 14.0. The van der Waals surface area contributed by atoms with E-state index in [4.69, 9.17) is 0 Å². The van der Waals surface area contributed by atoms with Gasteiger partial charge in [0.25, 0.3) is 0 Å². The van der Waals surface area contributed by atoms with Gasteiger partial charge in [0.1, 0.15) is 6.04 Å². The Kier molecular flexibility index (Phi) is 4.16. The fraction of sp³-hybridized carbons (Fsp3) is 0.571. The van der Waals surface area contributed by atoms with Crippen LogP contribution in [0.25, 0.3) is 0 Å². The van der Waals surface area contributed by atoms with Gasteiger partial charge in [-0.3, -0.25) is 4.90 Å². The maximum atomic E-state index is 13.4. The molecule has 19 heavy (non-hydrogen) atoms. The summed E-state index contributed by atoms with van der Waals surface area (Å²) in [5.74, 6) is 0. The van der Waals surface area contributed by atoms with E-state index in [1.807, 2.05) is 13.0 Å². The third kappa shape index (κ3) is 3.28. The summed E-state index contributed by atoms with van der Waals surface area (Å²) in [4.78, 5) is 1.53. The first-order valence-corrected chi connectivity index (χ1v) is 6.48. The molecule has 1 aliphatic heterocycles. The van der Waals surface area contributed by atoms with Gasteiger partial charge >= 0.3 is 6.18 Å². The molecule has 0 bridgehead atoms. The summed E-state index contributed by atoms with van der Waals surface area (Å²) in [6, 6.07) is 3.79. The van der Waals surface area contributed by atoms with Crippen LogP contribution in [0, 0.1) is 13.8 Å². The SMILES string of the molecule is Cc1ccc(C)c([C@@H](N2CCNCC2)C(F)(F)F)c1. The van der Waals surface area contributed by atoms with Gasteiger partial charge in [-0.05, 0) is 25.0 Å². The Bertz CT molecular complexity index is 437. The second kappa shape index (κ2) is 5.51. The topological polar surface area (TPSA) is 15.3 Å². The first-order valence-electron chi connectivity index (χ1n) is 6.48. The van der Waals surface area contributed by atoms with Crippen molar-refractivity contribution >= 4 is 0 Å². The lowest BCUT2D eigenvalue weighted by Crippen LogP contribution is -2.49. The summed E-state index contributed by atoms with van der Waals surface area (Å²) in [5, 5.41) is 3.09. The Balaban J connectivity index is 2.39. The van der Waals surface area contributed by atoms with Gasteiger partial charge in [-0.1, -0.05) is 23.8 Å². The molecule has 0 saturated carbocycles. The third-order valence-corrected chi connectivity index (χ3v) is 3.56. The van der Waals surface area contributed by atoms with Crippen molar-refractivity contribution in [1.82, 2.24) is 10.2 Å². The lowest BCUT2D eigenvalue weighted by atomic mass is 9.97. The normalized spacial score (nSPS) is 19.4. The van der Waals surface area contributed by atoms with E-state index in [-0.39, 0.29) is 0 Å². The zero-order valence-electron chi connectivity index (χ0n) is 11.2. The molecule has 1 aromatic rings. The number of piperazine rings is 1. The van der Waals surface area contributed by atoms with Crippen molar-refractivity contribution in [3.8, 4) is 0 Å². The van der Waals surface area contributed by atoms with Crippen molar-refractivity contribution in [2.45, 2.75) is 26.1 Å². The van der Waals surface area contributed by atoms with Gasteiger partial charge in [0, 0.05) is 26.2 Å². The van der Waals surface area contributed by atoms with Gasteiger partial charge in [0.15, 0.2) is 0 Å². The first-order chi connectivity index (χ1) is 8.89. The maximum Gasteiger partial charge on any atom is 0.408 e. The highest BCUT2D eigenvalue weighted by Crippen LogP contribution is 2.39. The molecule has 0 radical (unpaired) electrons. The third-order valence-electron chi connectivity index (χ3n) is 3.56. The summed E-state index contributed by atoms with van der Waals surface area (Å²) in [6.45, 7) is 5.65. The minimum atomic E-state index is -4.24. The van der Waals surface area contributed by atoms with E-state index >= 15 is 0 Å². The van der Waals surface area contributed by atoms with E-state index in [1.54, 1.807) is 19.1 Å². The molecule has 2 nitrogen and oxygen atoms in total. The standard InChI is InChI=1S/C14H19F3N2/c1-10-3-4-11(2)12(9-10)13(14(15,16)17)19-7-5-18-6-8-19/h3-4,9,13,18H,5-8H2,1-2H3/t13-/m1/s1. The minimum Gasteiger partial charge on any atom is -0.314 e. The molecule has 1 aliphatic rings. The summed E-state index contributed by atoms with van der Waals surface area (Å²) in [5.41, 5.74) is 1.95. The number of nitrogens with one attached hydrogen (secondary N) is 1. The fourth-order valence-electron chi connectivity index (χ4n) is 2.57. The molecule has 0 amide bonds. The van der Waals surface area contributed by atoms with Crippen LogP contribution in [0.2, 0.25) is 0 Å². The molecule has 1 saturated heterocycles. The molecule has 2 rings (SSSR count).